The lowest BCUT2D eigenvalue weighted by atomic mass is 10.1. The maximum absolute atomic E-state index is 9.38. The van der Waals surface area contributed by atoms with Gasteiger partial charge in [0.15, 0.2) is 0 Å². The first kappa shape index (κ1) is 8.02. The van der Waals surface area contributed by atoms with E-state index in [1.807, 2.05) is 0 Å². The summed E-state index contributed by atoms with van der Waals surface area (Å²) in [6.45, 7) is 8.36. The highest BCUT2D eigenvalue weighted by atomic mass is 16.3. The van der Waals surface area contributed by atoms with Crippen LogP contribution in [0.1, 0.15) is 20.8 Å². The number of nitrogens with zero attached hydrogens (tertiary/aromatic N) is 1. The summed E-state index contributed by atoms with van der Waals surface area (Å²) >= 11 is 0. The summed E-state index contributed by atoms with van der Waals surface area (Å²) in [5.74, 6) is 0.461. The molecule has 1 fully saturated rings. The van der Waals surface area contributed by atoms with E-state index in [-0.39, 0.29) is 6.10 Å². The second-order valence-electron chi connectivity index (χ2n) is 3.59. The van der Waals surface area contributed by atoms with Crippen LogP contribution in [0.5, 0.6) is 0 Å². The largest absolute Gasteiger partial charge is 0.391 e. The minimum Gasteiger partial charge on any atom is -0.391 e. The van der Waals surface area contributed by atoms with Gasteiger partial charge in [0.1, 0.15) is 0 Å². The molecule has 0 aromatic carbocycles. The maximum Gasteiger partial charge on any atom is 0.0704 e. The van der Waals surface area contributed by atoms with Crippen LogP contribution in [0, 0.1) is 5.92 Å². The smallest absolute Gasteiger partial charge is 0.0704 e. The van der Waals surface area contributed by atoms with Gasteiger partial charge in [-0.05, 0) is 19.8 Å². The molecule has 2 heteroatoms. The second kappa shape index (κ2) is 2.89. The molecule has 0 aliphatic carbocycles. The first-order valence-corrected chi connectivity index (χ1v) is 4.03. The van der Waals surface area contributed by atoms with Crippen LogP contribution in [-0.4, -0.2) is 35.2 Å². The Hall–Kier alpha value is -0.0800. The van der Waals surface area contributed by atoms with Crippen molar-refractivity contribution in [3.8, 4) is 0 Å². The van der Waals surface area contributed by atoms with Gasteiger partial charge in [0.25, 0.3) is 0 Å². The fourth-order valence-electron chi connectivity index (χ4n) is 1.41. The van der Waals surface area contributed by atoms with Gasteiger partial charge in [-0.1, -0.05) is 6.92 Å². The molecule has 2 unspecified atom stereocenters. The topological polar surface area (TPSA) is 23.5 Å². The summed E-state index contributed by atoms with van der Waals surface area (Å²) < 4.78 is 0. The third-order valence-corrected chi connectivity index (χ3v) is 2.33. The average Bonchev–Trinajstić information content (AvgIpc) is 2.13. The minimum absolute atomic E-state index is 0.0950. The molecule has 1 heterocycles. The van der Waals surface area contributed by atoms with Gasteiger partial charge in [-0.2, -0.15) is 0 Å². The molecular formula is C8H17NO. The lowest BCUT2D eigenvalue weighted by molar-refractivity contribution is 0.144. The zero-order chi connectivity index (χ0) is 7.72. The van der Waals surface area contributed by atoms with Crippen molar-refractivity contribution in [2.24, 2.45) is 5.92 Å². The summed E-state index contributed by atoms with van der Waals surface area (Å²) in [5.41, 5.74) is 0. The molecule has 1 aliphatic heterocycles. The van der Waals surface area contributed by atoms with Crippen molar-refractivity contribution < 1.29 is 5.11 Å². The third-order valence-electron chi connectivity index (χ3n) is 2.33. The van der Waals surface area contributed by atoms with E-state index in [0.29, 0.717) is 12.0 Å². The summed E-state index contributed by atoms with van der Waals surface area (Å²) in [5, 5.41) is 9.38. The van der Waals surface area contributed by atoms with Crippen LogP contribution in [0.15, 0.2) is 0 Å². The lowest BCUT2D eigenvalue weighted by Gasteiger charge is -2.19. The number of hydrogen-bond acceptors (Lipinski definition) is 2. The molecular weight excluding hydrogens is 126 g/mol. The Labute approximate surface area is 62.8 Å². The predicted octanol–water partition coefficient (Wildman–Crippen LogP) is 0.707. The van der Waals surface area contributed by atoms with E-state index < -0.39 is 0 Å². The van der Waals surface area contributed by atoms with E-state index >= 15 is 0 Å². The van der Waals surface area contributed by atoms with Crippen molar-refractivity contribution in [1.29, 1.82) is 0 Å². The highest BCUT2D eigenvalue weighted by molar-refractivity contribution is 4.82. The van der Waals surface area contributed by atoms with Crippen LogP contribution in [0.25, 0.3) is 0 Å². The third kappa shape index (κ3) is 1.50. The van der Waals surface area contributed by atoms with Gasteiger partial charge in [0.05, 0.1) is 6.10 Å². The Kier molecular flexibility index (Phi) is 2.32. The molecule has 1 aliphatic rings. The Morgan fingerprint density at radius 1 is 1.40 bits per heavy atom. The fraction of sp³-hybridized carbons (Fsp3) is 1.00. The molecule has 0 bridgehead atoms. The van der Waals surface area contributed by atoms with Crippen molar-refractivity contribution in [3.63, 3.8) is 0 Å². The van der Waals surface area contributed by atoms with Crippen LogP contribution < -0.4 is 0 Å². The van der Waals surface area contributed by atoms with Gasteiger partial charge in [-0.3, -0.25) is 4.90 Å². The standard InChI is InChI=1S/C8H17NO/c1-6(2)9-4-7(3)8(10)5-9/h6-8,10H,4-5H2,1-3H3. The summed E-state index contributed by atoms with van der Waals surface area (Å²) in [4.78, 5) is 2.31. The molecule has 1 N–H and O–H groups in total. The molecule has 2 atom stereocenters. The Balaban J connectivity index is 2.41. The number of aliphatic hydroxyl groups excluding tert-OH is 1. The molecule has 0 saturated carbocycles. The highest BCUT2D eigenvalue weighted by Gasteiger charge is 2.28. The van der Waals surface area contributed by atoms with E-state index in [2.05, 4.69) is 25.7 Å². The predicted molar refractivity (Wildman–Crippen MR) is 41.9 cm³/mol. The van der Waals surface area contributed by atoms with Gasteiger partial charge in [-0.25, -0.2) is 0 Å². The van der Waals surface area contributed by atoms with Gasteiger partial charge in [-0.15, -0.1) is 0 Å². The van der Waals surface area contributed by atoms with E-state index in [0.717, 1.165) is 13.1 Å². The van der Waals surface area contributed by atoms with E-state index in [1.54, 1.807) is 0 Å². The molecule has 10 heavy (non-hydrogen) atoms. The van der Waals surface area contributed by atoms with E-state index in [9.17, 15) is 5.11 Å². The molecule has 0 radical (unpaired) electrons. The van der Waals surface area contributed by atoms with Crippen LogP contribution in [-0.2, 0) is 0 Å². The first-order valence-electron chi connectivity index (χ1n) is 4.03. The van der Waals surface area contributed by atoms with Gasteiger partial charge in [0, 0.05) is 19.1 Å². The van der Waals surface area contributed by atoms with Crippen LogP contribution in [0.3, 0.4) is 0 Å². The number of β-amino-alcohol motifs (C(OH)–C–C–N with tert-alkyl or cyclic N) is 1. The number of rotatable bonds is 1. The van der Waals surface area contributed by atoms with Crippen molar-refractivity contribution in [1.82, 2.24) is 4.90 Å². The molecule has 0 aromatic heterocycles. The quantitative estimate of drug-likeness (QED) is 0.584. The second-order valence-corrected chi connectivity index (χ2v) is 3.59. The monoisotopic (exact) mass is 143 g/mol. The zero-order valence-corrected chi connectivity index (χ0v) is 7.04. The Bertz CT molecular complexity index is 104. The number of likely N-dealkylation sites (tertiary alicyclic amines) is 1. The Morgan fingerprint density at radius 3 is 2.20 bits per heavy atom. The van der Waals surface area contributed by atoms with E-state index in [1.165, 1.54) is 0 Å². The van der Waals surface area contributed by atoms with E-state index in [4.69, 9.17) is 0 Å². The van der Waals surface area contributed by atoms with Crippen molar-refractivity contribution in [2.45, 2.75) is 32.9 Å². The van der Waals surface area contributed by atoms with Gasteiger partial charge in [0.2, 0.25) is 0 Å². The number of hydrogen-bond donors (Lipinski definition) is 1. The Morgan fingerprint density at radius 2 is 2.00 bits per heavy atom. The van der Waals surface area contributed by atoms with Crippen molar-refractivity contribution >= 4 is 0 Å². The molecule has 0 aromatic rings. The van der Waals surface area contributed by atoms with Crippen molar-refractivity contribution in [3.05, 3.63) is 0 Å². The van der Waals surface area contributed by atoms with Crippen molar-refractivity contribution in [2.75, 3.05) is 13.1 Å². The van der Waals surface area contributed by atoms with Crippen LogP contribution >= 0.6 is 0 Å². The summed E-state index contributed by atoms with van der Waals surface area (Å²) in [6.07, 6.45) is -0.0950. The lowest BCUT2D eigenvalue weighted by Crippen LogP contribution is -2.29. The van der Waals surface area contributed by atoms with Crippen LogP contribution in [0.4, 0.5) is 0 Å². The summed E-state index contributed by atoms with van der Waals surface area (Å²) in [6, 6.07) is 0.583. The first-order chi connectivity index (χ1) is 4.61. The van der Waals surface area contributed by atoms with Gasteiger partial charge >= 0.3 is 0 Å². The SMILES string of the molecule is CC1CN(C(C)C)CC1O. The van der Waals surface area contributed by atoms with Gasteiger partial charge < -0.3 is 5.11 Å². The average molecular weight is 143 g/mol. The molecule has 60 valence electrons. The van der Waals surface area contributed by atoms with Crippen LogP contribution in [0.2, 0.25) is 0 Å². The molecule has 0 amide bonds. The molecule has 1 saturated heterocycles. The molecule has 0 spiro atoms. The number of aliphatic hydroxyl groups is 1. The highest BCUT2D eigenvalue weighted by Crippen LogP contribution is 2.17. The normalized spacial score (nSPS) is 35.7. The fourth-order valence-corrected chi connectivity index (χ4v) is 1.41. The summed E-state index contributed by atoms with van der Waals surface area (Å²) in [7, 11) is 0. The minimum atomic E-state index is -0.0950. The molecule has 1 rings (SSSR count). The maximum atomic E-state index is 9.38. The zero-order valence-electron chi connectivity index (χ0n) is 7.04. The molecule has 2 nitrogen and oxygen atoms in total.